The summed E-state index contributed by atoms with van der Waals surface area (Å²) in [6.07, 6.45) is 1.04. The van der Waals surface area contributed by atoms with Crippen LogP contribution in [0.2, 0.25) is 0 Å². The van der Waals surface area contributed by atoms with E-state index in [4.69, 9.17) is 15.2 Å². The van der Waals surface area contributed by atoms with Gasteiger partial charge in [-0.05, 0) is 37.8 Å². The molecule has 20 heavy (non-hydrogen) atoms. The molecule has 0 bridgehead atoms. The minimum absolute atomic E-state index is 0.0539. The maximum atomic E-state index is 5.85. The molecule has 0 aliphatic rings. The van der Waals surface area contributed by atoms with E-state index < -0.39 is 0 Å². The molecule has 0 atom stereocenters. The molecular formula is C15H27N3O2. The van der Waals surface area contributed by atoms with Crippen molar-refractivity contribution < 1.29 is 9.47 Å². The molecule has 1 heterocycles. The average molecular weight is 281 g/mol. The number of methoxy groups -OCH3 is 1. The molecule has 5 nitrogen and oxygen atoms in total. The normalized spacial score (nSPS) is 11.7. The van der Waals surface area contributed by atoms with Crippen molar-refractivity contribution in [2.24, 2.45) is 5.41 Å². The fraction of sp³-hybridized carbons (Fsp3) is 0.667. The van der Waals surface area contributed by atoms with Gasteiger partial charge in [0, 0.05) is 20.3 Å². The van der Waals surface area contributed by atoms with Crippen molar-refractivity contribution in [3.63, 3.8) is 0 Å². The Bertz CT molecular complexity index is 420. The van der Waals surface area contributed by atoms with Crippen LogP contribution in [0, 0.1) is 5.41 Å². The van der Waals surface area contributed by atoms with Crippen molar-refractivity contribution in [3.05, 3.63) is 12.1 Å². The van der Waals surface area contributed by atoms with Gasteiger partial charge in [-0.15, -0.1) is 0 Å². The standard InChI is InChI=1S/C15H27N3O2/c1-11(2)20-14-12(16)6-7-13(18-14)17-10-15(3,4)8-9-19-5/h6-7,11H,8-10,16H2,1-5H3,(H,17,18). The molecule has 0 saturated heterocycles. The molecule has 0 amide bonds. The lowest BCUT2D eigenvalue weighted by molar-refractivity contribution is 0.157. The number of nitrogens with one attached hydrogen (secondary N) is 1. The van der Waals surface area contributed by atoms with Gasteiger partial charge in [-0.3, -0.25) is 0 Å². The van der Waals surface area contributed by atoms with Crippen molar-refractivity contribution in [3.8, 4) is 5.88 Å². The third kappa shape index (κ3) is 5.65. The van der Waals surface area contributed by atoms with Crippen molar-refractivity contribution >= 4 is 11.5 Å². The summed E-state index contributed by atoms with van der Waals surface area (Å²) in [5, 5.41) is 3.33. The molecular weight excluding hydrogens is 254 g/mol. The number of aromatic nitrogens is 1. The topological polar surface area (TPSA) is 69.4 Å². The van der Waals surface area contributed by atoms with Crippen LogP contribution in [0.25, 0.3) is 0 Å². The lowest BCUT2D eigenvalue weighted by Gasteiger charge is -2.25. The monoisotopic (exact) mass is 281 g/mol. The summed E-state index contributed by atoms with van der Waals surface area (Å²) in [5.41, 5.74) is 6.55. The number of hydrogen-bond acceptors (Lipinski definition) is 5. The summed E-state index contributed by atoms with van der Waals surface area (Å²) < 4.78 is 10.7. The number of anilines is 2. The van der Waals surface area contributed by atoms with Crippen LogP contribution in [0.5, 0.6) is 5.88 Å². The molecule has 0 fully saturated rings. The van der Waals surface area contributed by atoms with E-state index in [2.05, 4.69) is 24.1 Å². The Morgan fingerprint density at radius 3 is 2.65 bits per heavy atom. The number of nitrogens with two attached hydrogens (primary N) is 1. The van der Waals surface area contributed by atoms with Crippen molar-refractivity contribution in [1.82, 2.24) is 4.98 Å². The SMILES string of the molecule is COCCC(C)(C)CNc1ccc(N)c(OC(C)C)n1. The molecule has 0 aromatic carbocycles. The summed E-state index contributed by atoms with van der Waals surface area (Å²) in [6.45, 7) is 9.87. The zero-order valence-corrected chi connectivity index (χ0v) is 13.2. The van der Waals surface area contributed by atoms with Gasteiger partial charge >= 0.3 is 0 Å². The summed E-state index contributed by atoms with van der Waals surface area (Å²) in [6, 6.07) is 3.68. The van der Waals surface area contributed by atoms with Crippen molar-refractivity contribution in [2.45, 2.75) is 40.2 Å². The highest BCUT2D eigenvalue weighted by Crippen LogP contribution is 2.24. The molecule has 0 unspecified atom stereocenters. The highest BCUT2D eigenvalue weighted by atomic mass is 16.5. The Kier molecular flexibility index (Phi) is 6.07. The molecule has 1 rings (SSSR count). The van der Waals surface area contributed by atoms with Gasteiger partial charge in [-0.1, -0.05) is 13.8 Å². The molecule has 1 aromatic heterocycles. The van der Waals surface area contributed by atoms with Crippen LogP contribution in [-0.2, 0) is 4.74 Å². The van der Waals surface area contributed by atoms with E-state index >= 15 is 0 Å². The van der Waals surface area contributed by atoms with E-state index in [-0.39, 0.29) is 11.5 Å². The Morgan fingerprint density at radius 2 is 2.05 bits per heavy atom. The highest BCUT2D eigenvalue weighted by molar-refractivity contribution is 5.53. The first-order chi connectivity index (χ1) is 9.34. The van der Waals surface area contributed by atoms with E-state index in [0.29, 0.717) is 11.6 Å². The van der Waals surface area contributed by atoms with Gasteiger partial charge in [-0.25, -0.2) is 0 Å². The second-order valence-corrected chi connectivity index (χ2v) is 6.02. The zero-order chi connectivity index (χ0) is 15.2. The zero-order valence-electron chi connectivity index (χ0n) is 13.2. The molecule has 0 aliphatic heterocycles. The molecule has 5 heteroatoms. The fourth-order valence-corrected chi connectivity index (χ4v) is 1.66. The van der Waals surface area contributed by atoms with Crippen molar-refractivity contribution in [2.75, 3.05) is 31.3 Å². The van der Waals surface area contributed by atoms with Crippen LogP contribution in [-0.4, -0.2) is 31.3 Å². The number of ether oxygens (including phenoxy) is 2. The van der Waals surface area contributed by atoms with Crippen LogP contribution in [0.15, 0.2) is 12.1 Å². The van der Waals surface area contributed by atoms with Crippen molar-refractivity contribution in [1.29, 1.82) is 0 Å². The van der Waals surface area contributed by atoms with Crippen LogP contribution in [0.1, 0.15) is 34.1 Å². The highest BCUT2D eigenvalue weighted by Gasteiger charge is 2.17. The third-order valence-corrected chi connectivity index (χ3v) is 2.97. The van der Waals surface area contributed by atoms with E-state index in [9.17, 15) is 0 Å². The Hall–Kier alpha value is -1.49. The molecule has 0 aliphatic carbocycles. The van der Waals surface area contributed by atoms with Gasteiger partial charge in [-0.2, -0.15) is 4.98 Å². The van der Waals surface area contributed by atoms with E-state index in [1.807, 2.05) is 26.0 Å². The second kappa shape index (κ2) is 7.33. The lowest BCUT2D eigenvalue weighted by atomic mass is 9.90. The molecule has 3 N–H and O–H groups in total. The second-order valence-electron chi connectivity index (χ2n) is 6.02. The summed E-state index contributed by atoms with van der Waals surface area (Å²) in [5.74, 6) is 1.26. The summed E-state index contributed by atoms with van der Waals surface area (Å²) in [4.78, 5) is 4.41. The molecule has 0 saturated carbocycles. The lowest BCUT2D eigenvalue weighted by Crippen LogP contribution is -2.25. The number of nitrogen functional groups attached to an aromatic ring is 1. The van der Waals surface area contributed by atoms with Crippen LogP contribution in [0.4, 0.5) is 11.5 Å². The maximum Gasteiger partial charge on any atom is 0.239 e. The fourth-order valence-electron chi connectivity index (χ4n) is 1.66. The van der Waals surface area contributed by atoms with Crippen LogP contribution in [0.3, 0.4) is 0 Å². The molecule has 1 aromatic rings. The number of hydrogen-bond donors (Lipinski definition) is 2. The minimum atomic E-state index is 0.0539. The molecule has 0 spiro atoms. The summed E-state index contributed by atoms with van der Waals surface area (Å²) in [7, 11) is 1.72. The van der Waals surface area contributed by atoms with Gasteiger partial charge in [0.05, 0.1) is 11.8 Å². The quantitative estimate of drug-likeness (QED) is 0.766. The van der Waals surface area contributed by atoms with Crippen LogP contribution >= 0.6 is 0 Å². The summed E-state index contributed by atoms with van der Waals surface area (Å²) >= 11 is 0. The number of rotatable bonds is 8. The number of nitrogens with zero attached hydrogens (tertiary/aromatic N) is 1. The Morgan fingerprint density at radius 1 is 1.35 bits per heavy atom. The predicted octanol–water partition coefficient (Wildman–Crippen LogP) is 2.93. The largest absolute Gasteiger partial charge is 0.473 e. The minimum Gasteiger partial charge on any atom is -0.473 e. The predicted molar refractivity (Wildman–Crippen MR) is 83.2 cm³/mol. The number of pyridine rings is 1. The molecule has 0 radical (unpaired) electrons. The first kappa shape index (κ1) is 16.6. The van der Waals surface area contributed by atoms with Crippen LogP contribution < -0.4 is 15.8 Å². The van der Waals surface area contributed by atoms with Gasteiger partial charge < -0.3 is 20.5 Å². The van der Waals surface area contributed by atoms with Gasteiger partial charge in [0.15, 0.2) is 0 Å². The Balaban J connectivity index is 2.64. The van der Waals surface area contributed by atoms with E-state index in [1.165, 1.54) is 0 Å². The first-order valence-electron chi connectivity index (χ1n) is 7.00. The smallest absolute Gasteiger partial charge is 0.239 e. The Labute approximate surface area is 121 Å². The van der Waals surface area contributed by atoms with E-state index in [0.717, 1.165) is 25.4 Å². The van der Waals surface area contributed by atoms with Gasteiger partial charge in [0.1, 0.15) is 5.82 Å². The van der Waals surface area contributed by atoms with Gasteiger partial charge in [0.25, 0.3) is 0 Å². The third-order valence-electron chi connectivity index (χ3n) is 2.97. The average Bonchev–Trinajstić information content (AvgIpc) is 2.37. The van der Waals surface area contributed by atoms with Gasteiger partial charge in [0.2, 0.25) is 5.88 Å². The first-order valence-corrected chi connectivity index (χ1v) is 7.00. The molecule has 114 valence electrons. The van der Waals surface area contributed by atoms with E-state index in [1.54, 1.807) is 7.11 Å². The maximum absolute atomic E-state index is 5.85.